The minimum Gasteiger partial charge on any atom is -0.451 e. The molecule has 0 spiro atoms. The molecule has 0 aromatic heterocycles. The van der Waals surface area contributed by atoms with E-state index in [4.69, 9.17) is 28.4 Å². The molecule has 24 heteroatoms. The lowest BCUT2D eigenvalue weighted by Crippen LogP contribution is -2.55. The van der Waals surface area contributed by atoms with E-state index >= 15 is 19.2 Å². The van der Waals surface area contributed by atoms with Crippen LogP contribution < -0.4 is 19.6 Å². The van der Waals surface area contributed by atoms with E-state index in [-0.39, 0.29) is 62.2 Å². The Morgan fingerprint density at radius 3 is 0.923 bits per heavy atom. The van der Waals surface area contributed by atoms with Crippen LogP contribution in [0.25, 0.3) is 0 Å². The van der Waals surface area contributed by atoms with Crippen molar-refractivity contribution < 1.29 is 76.4 Å². The van der Waals surface area contributed by atoms with E-state index in [1.807, 2.05) is 194 Å². The van der Waals surface area contributed by atoms with Gasteiger partial charge in [-0.15, -0.1) is 0 Å². The summed E-state index contributed by atoms with van der Waals surface area (Å²) in [6.07, 6.45) is -7.35. The number of amides is 6. The molecular weight excluding hydrogens is 1330 g/mol. The molecule has 3 aliphatic rings. The standard InChI is InChI=1S/C80H112N8O16/c1-49(2)41-63-73(93)99-53(9)69(89)81(17)66(44-52(7)8)76(96)102-68(46-56-31-35-58(36-32-56)48-86-38-40-88(78(98)104-80(14,15)16)62-28-24-22-26-60(62)86)72(92)84(20)64(42-50(3)4)74(94)100-54(10)70(90)82(18)65(43-51(5)6)75(95)101-67(71(91)83(63)19)45-55-29-33-57(34-30-55)47-85-37-39-87(77(97)103-79(11,12)13)61-27-23-21-25-59(61)85/h21-36,49-54,63-68H,37-48H2,1-20H3/t53-,54-,63+,64+,65+,66+,67-,68-/m1/s1. The van der Waals surface area contributed by atoms with Crippen LogP contribution in [0, 0.1) is 23.7 Å². The van der Waals surface area contributed by atoms with Crippen LogP contribution in [0.2, 0.25) is 0 Å². The molecule has 7 rings (SSSR count). The molecule has 0 bridgehead atoms. The third kappa shape index (κ3) is 21.9. The van der Waals surface area contributed by atoms with Gasteiger partial charge in [0.1, 0.15) is 35.4 Å². The van der Waals surface area contributed by atoms with E-state index in [1.165, 1.54) is 42.0 Å². The summed E-state index contributed by atoms with van der Waals surface area (Å²) >= 11 is 0. The molecule has 24 nitrogen and oxygen atoms in total. The molecule has 3 heterocycles. The van der Waals surface area contributed by atoms with Crippen molar-refractivity contribution in [2.45, 2.75) is 222 Å². The lowest BCUT2D eigenvalue weighted by atomic mass is 9.99. The summed E-state index contributed by atoms with van der Waals surface area (Å²) in [6, 6.07) is 24.6. The Morgan fingerprint density at radius 1 is 0.385 bits per heavy atom. The highest BCUT2D eigenvalue weighted by Crippen LogP contribution is 2.37. The van der Waals surface area contributed by atoms with Gasteiger partial charge in [0.25, 0.3) is 23.6 Å². The number of nitrogens with zero attached hydrogens (tertiary/aromatic N) is 8. The molecule has 0 N–H and O–H groups in total. The zero-order chi connectivity index (χ0) is 77.0. The lowest BCUT2D eigenvalue weighted by molar-refractivity contribution is -0.176. The summed E-state index contributed by atoms with van der Waals surface area (Å²) in [6.45, 7) is 31.1. The fourth-order valence-electron chi connectivity index (χ4n) is 13.1. The Balaban J connectivity index is 1.21. The highest BCUT2D eigenvalue weighted by molar-refractivity contribution is 5.97. The summed E-state index contributed by atoms with van der Waals surface area (Å²) in [5.74, 6) is -7.86. The second-order valence-electron chi connectivity index (χ2n) is 31.5. The molecule has 0 unspecified atom stereocenters. The molecule has 4 aromatic rings. The van der Waals surface area contributed by atoms with E-state index in [0.717, 1.165) is 42.1 Å². The van der Waals surface area contributed by atoms with Gasteiger partial charge >= 0.3 is 36.1 Å². The molecule has 1 saturated heterocycles. The number of anilines is 4. The Morgan fingerprint density at radius 2 is 0.644 bits per heavy atom. The van der Waals surface area contributed by atoms with Gasteiger partial charge in [-0.3, -0.25) is 29.0 Å². The van der Waals surface area contributed by atoms with Crippen molar-refractivity contribution in [2.75, 3.05) is 74.0 Å². The van der Waals surface area contributed by atoms with Gasteiger partial charge in [-0.25, -0.2) is 28.8 Å². The maximum absolute atomic E-state index is 15.4. The zero-order valence-electron chi connectivity index (χ0n) is 64.8. The highest BCUT2D eigenvalue weighted by Gasteiger charge is 2.44. The second-order valence-corrected chi connectivity index (χ2v) is 31.5. The van der Waals surface area contributed by atoms with Crippen LogP contribution in [0.15, 0.2) is 97.1 Å². The quantitative estimate of drug-likeness (QED) is 0.0746. The monoisotopic (exact) mass is 1440 g/mol. The van der Waals surface area contributed by atoms with Gasteiger partial charge in [-0.1, -0.05) is 128 Å². The van der Waals surface area contributed by atoms with Crippen LogP contribution in [0.5, 0.6) is 0 Å². The first-order valence-corrected chi connectivity index (χ1v) is 36.4. The Hall–Kier alpha value is -9.22. The van der Waals surface area contributed by atoms with Crippen molar-refractivity contribution in [3.8, 4) is 0 Å². The molecule has 0 aliphatic carbocycles. The highest BCUT2D eigenvalue weighted by atomic mass is 16.6. The van der Waals surface area contributed by atoms with Crippen molar-refractivity contribution in [3.63, 3.8) is 0 Å². The molecule has 1 fully saturated rings. The van der Waals surface area contributed by atoms with Crippen LogP contribution in [0.1, 0.15) is 159 Å². The van der Waals surface area contributed by atoms with Gasteiger partial charge in [0.05, 0.1) is 22.7 Å². The number of hydrogen-bond acceptors (Lipinski definition) is 18. The normalized spacial score (nSPS) is 22.2. The van der Waals surface area contributed by atoms with Crippen LogP contribution in [-0.4, -0.2) is 193 Å². The van der Waals surface area contributed by atoms with Crippen molar-refractivity contribution in [1.29, 1.82) is 0 Å². The van der Waals surface area contributed by atoms with Gasteiger partial charge in [-0.05, 0) is 151 Å². The first-order chi connectivity index (χ1) is 48.7. The molecule has 0 saturated carbocycles. The number of para-hydroxylation sites is 4. The van der Waals surface area contributed by atoms with E-state index in [2.05, 4.69) is 9.80 Å². The summed E-state index contributed by atoms with van der Waals surface area (Å²) in [4.78, 5) is 159. The van der Waals surface area contributed by atoms with Crippen LogP contribution in [0.4, 0.5) is 32.3 Å². The van der Waals surface area contributed by atoms with Crippen LogP contribution in [-0.2, 0) is 92.7 Å². The maximum Gasteiger partial charge on any atom is 0.414 e. The Labute approximate surface area is 614 Å². The SMILES string of the molecule is CC(C)C[C@H]1C(=O)O[C@H](Cc2ccc(CN3CCN(C(=O)OC(C)(C)C)c4ccccc43)cc2)C(=O)N(C)[C@@H](CC(C)C)C(=O)O[C@H](C)C(=O)N(C)[C@@H](CC(C)C)C(=O)O[C@H](Cc2ccc(CN3CCN(C(=O)OC(C)(C)C)c4ccccc43)cc2)C(=O)N(C)[C@@H](CC(C)C)C(=O)O[C@H](C)C(=O)N1C. The number of cyclic esters (lactones) is 4. The van der Waals surface area contributed by atoms with Crippen LogP contribution in [0.3, 0.4) is 0 Å². The largest absolute Gasteiger partial charge is 0.451 e. The van der Waals surface area contributed by atoms with E-state index in [9.17, 15) is 28.8 Å². The number of benzene rings is 4. The fourth-order valence-corrected chi connectivity index (χ4v) is 13.1. The van der Waals surface area contributed by atoms with E-state index < -0.39 is 119 Å². The smallest absolute Gasteiger partial charge is 0.414 e. The summed E-state index contributed by atoms with van der Waals surface area (Å²) in [7, 11) is 5.54. The minimum atomic E-state index is -1.60. The molecule has 568 valence electrons. The number of ether oxygens (including phenoxy) is 6. The predicted octanol–water partition coefficient (Wildman–Crippen LogP) is 11.2. The topological polar surface area (TPSA) is 252 Å². The number of carbonyl (C=O) groups is 10. The number of fused-ring (bicyclic) bond motifs is 2. The second kappa shape index (κ2) is 35.5. The molecule has 6 amide bonds. The van der Waals surface area contributed by atoms with Gasteiger partial charge in [0.2, 0.25) is 0 Å². The third-order valence-electron chi connectivity index (χ3n) is 18.6. The molecule has 3 aliphatic heterocycles. The minimum absolute atomic E-state index is 0.0439. The summed E-state index contributed by atoms with van der Waals surface area (Å²) in [5, 5.41) is 0. The average molecular weight is 1440 g/mol. The molecule has 8 atom stereocenters. The summed E-state index contributed by atoms with van der Waals surface area (Å²) < 4.78 is 36.1. The first kappa shape index (κ1) is 82.1. The van der Waals surface area contributed by atoms with Gasteiger partial charge < -0.3 is 57.8 Å². The Bertz CT molecular complexity index is 3420. The number of carbonyl (C=O) groups excluding carboxylic acids is 10. The number of rotatable bonds is 16. The summed E-state index contributed by atoms with van der Waals surface area (Å²) in [5.41, 5.74) is 4.63. The van der Waals surface area contributed by atoms with E-state index in [0.29, 0.717) is 61.8 Å². The molecule has 104 heavy (non-hydrogen) atoms. The van der Waals surface area contributed by atoms with Gasteiger partial charge in [-0.2, -0.15) is 0 Å². The third-order valence-corrected chi connectivity index (χ3v) is 18.6. The number of esters is 4. The fraction of sp³-hybridized carbons (Fsp3) is 0.575. The molecule has 0 radical (unpaired) electrons. The Kier molecular flexibility index (Phi) is 28.0. The van der Waals surface area contributed by atoms with Gasteiger partial charge in [0.15, 0.2) is 24.4 Å². The van der Waals surface area contributed by atoms with Crippen molar-refractivity contribution >= 4 is 82.4 Å². The molecule has 4 aromatic carbocycles. The van der Waals surface area contributed by atoms with Crippen molar-refractivity contribution in [1.82, 2.24) is 19.6 Å². The molecular formula is C80H112N8O16. The zero-order valence-corrected chi connectivity index (χ0v) is 64.8. The van der Waals surface area contributed by atoms with Gasteiger partial charge in [0, 0.05) is 80.3 Å². The number of likely N-dealkylation sites (N-methyl/N-ethyl adjacent to an activating group) is 4. The van der Waals surface area contributed by atoms with Crippen molar-refractivity contribution in [2.24, 2.45) is 23.7 Å². The average Bonchev–Trinajstić information content (AvgIpc) is 0.722. The maximum atomic E-state index is 15.4. The first-order valence-electron chi connectivity index (χ1n) is 36.4. The number of hydrogen-bond donors (Lipinski definition) is 0. The van der Waals surface area contributed by atoms with E-state index in [1.54, 1.807) is 9.80 Å². The lowest BCUT2D eigenvalue weighted by Gasteiger charge is -2.38. The van der Waals surface area contributed by atoms with Crippen LogP contribution >= 0.6 is 0 Å². The predicted molar refractivity (Wildman–Crippen MR) is 397 cm³/mol. The van der Waals surface area contributed by atoms with Crippen molar-refractivity contribution in [3.05, 3.63) is 119 Å².